The number of benzene rings is 3. The van der Waals surface area contributed by atoms with Crippen molar-refractivity contribution in [3.63, 3.8) is 0 Å². The molecular formula is C29H30N2O3. The molecule has 1 unspecified atom stereocenters. The summed E-state index contributed by atoms with van der Waals surface area (Å²) in [4.78, 5) is 15.1. The summed E-state index contributed by atoms with van der Waals surface area (Å²) >= 11 is 0. The van der Waals surface area contributed by atoms with Crippen LogP contribution in [0.5, 0.6) is 5.75 Å². The molecule has 0 spiro atoms. The third-order valence-corrected chi connectivity index (χ3v) is 7.50. The molecule has 7 rings (SSSR count). The molecule has 0 aliphatic carbocycles. The van der Waals surface area contributed by atoms with Gasteiger partial charge in [0.1, 0.15) is 11.9 Å². The average Bonchev–Trinajstić information content (AvgIpc) is 2.90. The molecule has 0 radical (unpaired) electrons. The summed E-state index contributed by atoms with van der Waals surface area (Å²) in [5.74, 6) is 1.34. The highest BCUT2D eigenvalue weighted by molar-refractivity contribution is 5.74. The summed E-state index contributed by atoms with van der Waals surface area (Å²) in [6.45, 7) is 3.71. The zero-order chi connectivity index (χ0) is 22.9. The van der Waals surface area contributed by atoms with Crippen LogP contribution in [0.15, 0.2) is 72.8 Å². The topological polar surface area (TPSA) is 50.8 Å². The fourth-order valence-corrected chi connectivity index (χ4v) is 5.59. The van der Waals surface area contributed by atoms with Gasteiger partial charge in [0.2, 0.25) is 0 Å². The Labute approximate surface area is 200 Å². The molecule has 3 saturated heterocycles. The number of nitrogens with zero attached hydrogens (tertiary/aromatic N) is 1. The third kappa shape index (κ3) is 4.28. The molecule has 34 heavy (non-hydrogen) atoms. The van der Waals surface area contributed by atoms with Gasteiger partial charge in [-0.15, -0.1) is 0 Å². The molecule has 4 aliphatic heterocycles. The number of carbonyl (C=O) groups is 1. The molecule has 5 nitrogen and oxygen atoms in total. The Hall–Kier alpha value is -3.31. The van der Waals surface area contributed by atoms with Crippen molar-refractivity contribution < 1.29 is 14.3 Å². The van der Waals surface area contributed by atoms with Crippen LogP contribution in [0.1, 0.15) is 30.9 Å². The van der Waals surface area contributed by atoms with Gasteiger partial charge >= 0.3 is 6.09 Å². The van der Waals surface area contributed by atoms with Crippen LogP contribution in [0.4, 0.5) is 4.79 Å². The highest BCUT2D eigenvalue weighted by Gasteiger charge is 2.37. The lowest BCUT2D eigenvalue weighted by atomic mass is 9.86. The fraction of sp³-hybridized carbons (Fsp3) is 0.345. The van der Waals surface area contributed by atoms with E-state index in [0.29, 0.717) is 12.5 Å². The molecule has 3 aromatic carbocycles. The Morgan fingerprint density at radius 2 is 1.59 bits per heavy atom. The van der Waals surface area contributed by atoms with Crippen molar-refractivity contribution >= 4 is 6.09 Å². The minimum atomic E-state index is -0.309. The van der Waals surface area contributed by atoms with Gasteiger partial charge in [0, 0.05) is 18.5 Å². The maximum atomic E-state index is 12.7. The highest BCUT2D eigenvalue weighted by atomic mass is 16.6. The van der Waals surface area contributed by atoms with E-state index in [-0.39, 0.29) is 18.2 Å². The van der Waals surface area contributed by atoms with E-state index < -0.39 is 0 Å². The van der Waals surface area contributed by atoms with E-state index >= 15 is 0 Å². The molecule has 0 aromatic heterocycles. The normalized spacial score (nSPS) is 25.2. The van der Waals surface area contributed by atoms with E-state index in [1.54, 1.807) is 0 Å². The fourth-order valence-electron chi connectivity index (χ4n) is 5.59. The number of ether oxygens (including phenoxy) is 2. The molecule has 174 valence electrons. The number of nitrogens with one attached hydrogen (secondary N) is 1. The van der Waals surface area contributed by atoms with E-state index in [1.807, 2.05) is 6.07 Å². The van der Waals surface area contributed by atoms with Gasteiger partial charge in [-0.05, 0) is 66.2 Å². The number of rotatable bonds is 4. The summed E-state index contributed by atoms with van der Waals surface area (Å²) in [7, 11) is 0. The summed E-state index contributed by atoms with van der Waals surface area (Å²) < 4.78 is 11.9. The van der Waals surface area contributed by atoms with Crippen LogP contribution in [0, 0.1) is 5.92 Å². The van der Waals surface area contributed by atoms with Crippen LogP contribution in [0.25, 0.3) is 22.3 Å². The van der Waals surface area contributed by atoms with E-state index in [9.17, 15) is 4.79 Å². The van der Waals surface area contributed by atoms with E-state index in [4.69, 9.17) is 9.47 Å². The van der Waals surface area contributed by atoms with Crippen molar-refractivity contribution in [3.05, 3.63) is 78.4 Å². The van der Waals surface area contributed by atoms with Crippen LogP contribution >= 0.6 is 0 Å². The Balaban J connectivity index is 1.18. The molecule has 1 amide bonds. The van der Waals surface area contributed by atoms with Crippen LogP contribution in [0.2, 0.25) is 0 Å². The van der Waals surface area contributed by atoms with Crippen molar-refractivity contribution in [1.82, 2.24) is 10.2 Å². The number of amides is 1. The number of alkyl carbamates (subject to hydrolysis) is 1. The van der Waals surface area contributed by atoms with Gasteiger partial charge in [-0.25, -0.2) is 4.79 Å². The van der Waals surface area contributed by atoms with Gasteiger partial charge in [-0.1, -0.05) is 60.7 Å². The lowest BCUT2D eigenvalue weighted by Gasteiger charge is -2.44. The quantitative estimate of drug-likeness (QED) is 0.552. The predicted octanol–water partition coefficient (Wildman–Crippen LogP) is 5.66. The second kappa shape index (κ2) is 9.15. The molecular weight excluding hydrogens is 424 g/mol. The second-order valence-electron chi connectivity index (χ2n) is 9.62. The SMILES string of the molecule is O=C(NC1CCOc2cc(-c3cccc(-c4ccccc4)c3)ccc21)O[C@H]1CN2CCC1CC2. The monoisotopic (exact) mass is 454 g/mol. The van der Waals surface area contributed by atoms with E-state index in [2.05, 4.69) is 76.9 Å². The summed E-state index contributed by atoms with van der Waals surface area (Å²) in [6, 6.07) is 25.1. The van der Waals surface area contributed by atoms with Crippen LogP contribution < -0.4 is 10.1 Å². The van der Waals surface area contributed by atoms with Crippen LogP contribution in [0.3, 0.4) is 0 Å². The summed E-state index contributed by atoms with van der Waals surface area (Å²) in [6.07, 6.45) is 2.71. The summed E-state index contributed by atoms with van der Waals surface area (Å²) in [5, 5.41) is 3.11. The Kier molecular flexibility index (Phi) is 5.71. The summed E-state index contributed by atoms with van der Waals surface area (Å²) in [5.41, 5.74) is 5.65. The lowest BCUT2D eigenvalue weighted by molar-refractivity contribution is -0.0342. The standard InChI is InChI=1S/C29H30N2O3/c32-29(34-28-19-31-14-11-21(28)12-15-31)30-26-13-16-33-27-18-24(9-10-25(26)27)23-8-4-7-22(17-23)20-5-2-1-3-6-20/h1-10,17-18,21,26,28H,11-16,19H2,(H,30,32)/t26?,28-/m0/s1. The number of piperidine rings is 3. The molecule has 3 aromatic rings. The van der Waals surface area contributed by atoms with Crippen molar-refractivity contribution in [1.29, 1.82) is 0 Å². The first kappa shape index (κ1) is 21.2. The average molecular weight is 455 g/mol. The third-order valence-electron chi connectivity index (χ3n) is 7.50. The minimum absolute atomic E-state index is 0.0149. The van der Waals surface area contributed by atoms with Gasteiger partial charge in [-0.3, -0.25) is 4.90 Å². The predicted molar refractivity (Wildman–Crippen MR) is 133 cm³/mol. The van der Waals surface area contributed by atoms with Crippen molar-refractivity contribution in [3.8, 4) is 28.0 Å². The minimum Gasteiger partial charge on any atom is -0.493 e. The first-order valence-corrected chi connectivity index (χ1v) is 12.3. The Morgan fingerprint density at radius 3 is 2.35 bits per heavy atom. The second-order valence-corrected chi connectivity index (χ2v) is 9.62. The van der Waals surface area contributed by atoms with Gasteiger partial charge in [0.15, 0.2) is 0 Å². The first-order valence-electron chi connectivity index (χ1n) is 12.3. The van der Waals surface area contributed by atoms with Gasteiger partial charge in [0.05, 0.1) is 12.6 Å². The largest absolute Gasteiger partial charge is 0.493 e. The number of hydrogen-bond acceptors (Lipinski definition) is 4. The maximum absolute atomic E-state index is 12.7. The number of carbonyl (C=O) groups excluding carboxylic acids is 1. The zero-order valence-electron chi connectivity index (χ0n) is 19.3. The maximum Gasteiger partial charge on any atom is 0.407 e. The molecule has 4 aliphatic rings. The Bertz CT molecular complexity index is 1170. The van der Waals surface area contributed by atoms with Gasteiger partial charge in [0.25, 0.3) is 0 Å². The van der Waals surface area contributed by atoms with Crippen molar-refractivity contribution in [2.45, 2.75) is 31.4 Å². The van der Waals surface area contributed by atoms with Crippen molar-refractivity contribution in [2.75, 3.05) is 26.2 Å². The molecule has 2 bridgehead atoms. The molecule has 5 heteroatoms. The molecule has 2 atom stereocenters. The molecule has 0 saturated carbocycles. The Morgan fingerprint density at radius 1 is 0.853 bits per heavy atom. The van der Waals surface area contributed by atoms with E-state index in [0.717, 1.165) is 61.3 Å². The molecule has 4 heterocycles. The van der Waals surface area contributed by atoms with Gasteiger partial charge < -0.3 is 14.8 Å². The smallest absolute Gasteiger partial charge is 0.407 e. The zero-order valence-corrected chi connectivity index (χ0v) is 19.3. The number of hydrogen-bond donors (Lipinski definition) is 1. The van der Waals surface area contributed by atoms with E-state index in [1.165, 1.54) is 11.1 Å². The van der Waals surface area contributed by atoms with Crippen LogP contribution in [-0.4, -0.2) is 43.3 Å². The van der Waals surface area contributed by atoms with Crippen molar-refractivity contribution in [2.24, 2.45) is 5.92 Å². The molecule has 3 fully saturated rings. The van der Waals surface area contributed by atoms with Gasteiger partial charge in [-0.2, -0.15) is 0 Å². The first-order chi connectivity index (χ1) is 16.7. The number of fused-ring (bicyclic) bond motifs is 4. The highest BCUT2D eigenvalue weighted by Crippen LogP contribution is 2.37. The lowest BCUT2D eigenvalue weighted by Crippen LogP contribution is -2.52. The molecule has 1 N–H and O–H groups in total. The van der Waals surface area contributed by atoms with Crippen LogP contribution in [-0.2, 0) is 4.74 Å².